The van der Waals surface area contributed by atoms with Gasteiger partial charge in [0.1, 0.15) is 5.78 Å². The van der Waals surface area contributed by atoms with Gasteiger partial charge < -0.3 is 0 Å². The first kappa shape index (κ1) is 13.3. The maximum absolute atomic E-state index is 11.9. The molecule has 0 aromatic heterocycles. The Kier molecular flexibility index (Phi) is 3.85. The molecule has 0 saturated carbocycles. The lowest BCUT2D eigenvalue weighted by molar-refractivity contribution is -0.119. The summed E-state index contributed by atoms with van der Waals surface area (Å²) in [7, 11) is -2.87. The SMILES string of the molecule is Cc1ccccc1CC(=O)CC1CCS(=O)(=O)C1. The summed E-state index contributed by atoms with van der Waals surface area (Å²) < 4.78 is 22.6. The van der Waals surface area contributed by atoms with Gasteiger partial charge in [0, 0.05) is 12.8 Å². The van der Waals surface area contributed by atoms with E-state index in [1.807, 2.05) is 31.2 Å². The Labute approximate surface area is 108 Å². The van der Waals surface area contributed by atoms with Gasteiger partial charge in [-0.3, -0.25) is 4.79 Å². The van der Waals surface area contributed by atoms with E-state index >= 15 is 0 Å². The first-order valence-corrected chi connectivity index (χ1v) is 8.05. The van der Waals surface area contributed by atoms with Crippen molar-refractivity contribution in [3.8, 4) is 0 Å². The Morgan fingerprint density at radius 3 is 2.67 bits per heavy atom. The van der Waals surface area contributed by atoms with Crippen molar-refractivity contribution < 1.29 is 13.2 Å². The number of ketones is 1. The maximum atomic E-state index is 11.9. The van der Waals surface area contributed by atoms with Gasteiger partial charge in [-0.25, -0.2) is 8.42 Å². The Morgan fingerprint density at radius 2 is 2.06 bits per heavy atom. The molecule has 3 nitrogen and oxygen atoms in total. The predicted octanol–water partition coefficient (Wildman–Crippen LogP) is 1.93. The average Bonchev–Trinajstić information content (AvgIpc) is 2.61. The van der Waals surface area contributed by atoms with Crippen LogP contribution in [0.3, 0.4) is 0 Å². The summed E-state index contributed by atoms with van der Waals surface area (Å²) in [4.78, 5) is 11.9. The molecule has 1 atom stereocenters. The molecule has 18 heavy (non-hydrogen) atoms. The molecule has 1 aromatic rings. The van der Waals surface area contributed by atoms with Crippen LogP contribution in [0.2, 0.25) is 0 Å². The molecule has 0 amide bonds. The summed E-state index contributed by atoms with van der Waals surface area (Å²) in [5.74, 6) is 0.611. The molecular formula is C14H18O3S. The zero-order chi connectivity index (χ0) is 13.2. The van der Waals surface area contributed by atoms with Gasteiger partial charge in [0.25, 0.3) is 0 Å². The van der Waals surface area contributed by atoms with Gasteiger partial charge in [-0.05, 0) is 30.4 Å². The summed E-state index contributed by atoms with van der Waals surface area (Å²) in [5, 5.41) is 0. The second-order valence-corrected chi connectivity index (χ2v) is 7.34. The van der Waals surface area contributed by atoms with Crippen LogP contribution in [0, 0.1) is 12.8 Å². The fourth-order valence-electron chi connectivity index (χ4n) is 2.45. The van der Waals surface area contributed by atoms with E-state index in [2.05, 4.69) is 0 Å². The molecular weight excluding hydrogens is 248 g/mol. The number of sulfone groups is 1. The number of carbonyl (C=O) groups excluding carboxylic acids is 1. The first-order valence-electron chi connectivity index (χ1n) is 6.23. The topological polar surface area (TPSA) is 51.2 Å². The Bertz CT molecular complexity index is 546. The van der Waals surface area contributed by atoms with Gasteiger partial charge in [0.15, 0.2) is 9.84 Å². The van der Waals surface area contributed by atoms with Crippen LogP contribution < -0.4 is 0 Å². The highest BCUT2D eigenvalue weighted by Crippen LogP contribution is 2.22. The number of hydrogen-bond acceptors (Lipinski definition) is 3. The third-order valence-electron chi connectivity index (χ3n) is 3.49. The highest BCUT2D eigenvalue weighted by molar-refractivity contribution is 7.91. The van der Waals surface area contributed by atoms with E-state index in [-0.39, 0.29) is 23.2 Å². The van der Waals surface area contributed by atoms with Crippen LogP contribution in [0.15, 0.2) is 24.3 Å². The van der Waals surface area contributed by atoms with Crippen molar-refractivity contribution in [1.29, 1.82) is 0 Å². The van der Waals surface area contributed by atoms with E-state index < -0.39 is 9.84 Å². The van der Waals surface area contributed by atoms with Gasteiger partial charge >= 0.3 is 0 Å². The fraction of sp³-hybridized carbons (Fsp3) is 0.500. The van der Waals surface area contributed by atoms with Crippen molar-refractivity contribution >= 4 is 15.6 Å². The Morgan fingerprint density at radius 1 is 1.33 bits per heavy atom. The van der Waals surface area contributed by atoms with Gasteiger partial charge in [0.05, 0.1) is 11.5 Å². The second-order valence-electron chi connectivity index (χ2n) is 5.12. The Hall–Kier alpha value is -1.16. The Balaban J connectivity index is 1.92. The molecule has 0 N–H and O–H groups in total. The molecule has 1 unspecified atom stereocenters. The minimum atomic E-state index is -2.87. The lowest BCUT2D eigenvalue weighted by Gasteiger charge is -2.08. The maximum Gasteiger partial charge on any atom is 0.150 e. The van der Waals surface area contributed by atoms with E-state index in [0.717, 1.165) is 11.1 Å². The van der Waals surface area contributed by atoms with Gasteiger partial charge in [-0.15, -0.1) is 0 Å². The third kappa shape index (κ3) is 3.42. The second kappa shape index (κ2) is 5.22. The van der Waals surface area contributed by atoms with Gasteiger partial charge in [0.2, 0.25) is 0 Å². The van der Waals surface area contributed by atoms with Crippen molar-refractivity contribution in [2.24, 2.45) is 5.92 Å². The van der Waals surface area contributed by atoms with Crippen LogP contribution in [0.4, 0.5) is 0 Å². The largest absolute Gasteiger partial charge is 0.299 e. The molecule has 1 fully saturated rings. The van der Waals surface area contributed by atoms with Crippen molar-refractivity contribution in [1.82, 2.24) is 0 Å². The molecule has 1 aromatic carbocycles. The highest BCUT2D eigenvalue weighted by atomic mass is 32.2. The summed E-state index contributed by atoms with van der Waals surface area (Å²) in [6, 6.07) is 7.82. The molecule has 1 heterocycles. The zero-order valence-electron chi connectivity index (χ0n) is 10.6. The average molecular weight is 266 g/mol. The molecule has 1 aliphatic rings. The van der Waals surface area contributed by atoms with Gasteiger partial charge in [-0.1, -0.05) is 24.3 Å². The van der Waals surface area contributed by atoms with E-state index in [1.165, 1.54) is 0 Å². The molecule has 1 saturated heterocycles. The van der Waals surface area contributed by atoms with Crippen LogP contribution in [0.1, 0.15) is 24.0 Å². The molecule has 1 aliphatic heterocycles. The van der Waals surface area contributed by atoms with Crippen LogP contribution in [0.25, 0.3) is 0 Å². The van der Waals surface area contributed by atoms with Crippen LogP contribution in [-0.2, 0) is 21.1 Å². The molecule has 4 heteroatoms. The smallest absolute Gasteiger partial charge is 0.150 e. The molecule has 0 bridgehead atoms. The summed E-state index contributed by atoms with van der Waals surface area (Å²) in [6.07, 6.45) is 1.46. The van der Waals surface area contributed by atoms with E-state index in [1.54, 1.807) is 0 Å². The first-order chi connectivity index (χ1) is 8.46. The van der Waals surface area contributed by atoms with Crippen molar-refractivity contribution in [2.45, 2.75) is 26.2 Å². The lowest BCUT2D eigenvalue weighted by Crippen LogP contribution is -2.12. The van der Waals surface area contributed by atoms with Crippen LogP contribution in [-0.4, -0.2) is 25.7 Å². The van der Waals surface area contributed by atoms with Crippen molar-refractivity contribution in [3.63, 3.8) is 0 Å². The quantitative estimate of drug-likeness (QED) is 0.836. The molecule has 0 spiro atoms. The number of benzene rings is 1. The summed E-state index contributed by atoms with van der Waals surface area (Å²) >= 11 is 0. The lowest BCUT2D eigenvalue weighted by atomic mass is 9.96. The molecule has 2 rings (SSSR count). The minimum absolute atomic E-state index is 0.0338. The normalized spacial score (nSPS) is 21.9. The number of aryl methyl sites for hydroxylation is 1. The van der Waals surface area contributed by atoms with Crippen LogP contribution >= 0.6 is 0 Å². The fourth-order valence-corrected chi connectivity index (χ4v) is 4.31. The van der Waals surface area contributed by atoms with E-state index in [0.29, 0.717) is 19.3 Å². The molecule has 0 aliphatic carbocycles. The summed E-state index contributed by atoms with van der Waals surface area (Å²) in [6.45, 7) is 1.99. The number of carbonyl (C=O) groups is 1. The standard InChI is InChI=1S/C14H18O3S/c1-11-4-2-3-5-13(11)9-14(15)8-12-6-7-18(16,17)10-12/h2-5,12H,6-10H2,1H3. The van der Waals surface area contributed by atoms with Gasteiger partial charge in [-0.2, -0.15) is 0 Å². The number of hydrogen-bond donors (Lipinski definition) is 0. The predicted molar refractivity (Wildman–Crippen MR) is 71.3 cm³/mol. The molecule has 0 radical (unpaired) electrons. The third-order valence-corrected chi connectivity index (χ3v) is 5.33. The number of Topliss-reactive ketones (excluding diaryl/α,β-unsaturated/α-hetero) is 1. The van der Waals surface area contributed by atoms with E-state index in [4.69, 9.17) is 0 Å². The van der Waals surface area contributed by atoms with Crippen LogP contribution in [0.5, 0.6) is 0 Å². The monoisotopic (exact) mass is 266 g/mol. The zero-order valence-corrected chi connectivity index (χ0v) is 11.4. The number of rotatable bonds is 4. The van der Waals surface area contributed by atoms with E-state index in [9.17, 15) is 13.2 Å². The summed E-state index contributed by atoms with van der Waals surface area (Å²) in [5.41, 5.74) is 2.16. The van der Waals surface area contributed by atoms with Crippen molar-refractivity contribution in [3.05, 3.63) is 35.4 Å². The molecule has 98 valence electrons. The highest BCUT2D eigenvalue weighted by Gasteiger charge is 2.29. The minimum Gasteiger partial charge on any atom is -0.299 e. The van der Waals surface area contributed by atoms with Crippen molar-refractivity contribution in [2.75, 3.05) is 11.5 Å².